The van der Waals surface area contributed by atoms with Gasteiger partial charge in [0.1, 0.15) is 18.1 Å². The molecule has 1 amide bonds. The van der Waals surface area contributed by atoms with E-state index in [9.17, 15) is 4.79 Å². The molecule has 0 spiro atoms. The molecule has 3 rings (SSSR count). The highest BCUT2D eigenvalue weighted by Gasteiger charge is 2.17. The maximum absolute atomic E-state index is 12.6. The molecule has 1 fully saturated rings. The lowest BCUT2D eigenvalue weighted by Crippen LogP contribution is -2.37. The molecule has 174 valence electrons. The quantitative estimate of drug-likeness (QED) is 0.427. The number of para-hydroxylation sites is 1. The Morgan fingerprint density at radius 3 is 2.59 bits per heavy atom. The summed E-state index contributed by atoms with van der Waals surface area (Å²) in [6, 6.07) is 12.2. The van der Waals surface area contributed by atoms with Gasteiger partial charge >= 0.3 is 0 Å². The van der Waals surface area contributed by atoms with Crippen molar-refractivity contribution in [2.24, 2.45) is 0 Å². The van der Waals surface area contributed by atoms with Gasteiger partial charge in [-0.3, -0.25) is 4.79 Å². The number of nitrogens with one attached hydrogen (secondary N) is 3. The summed E-state index contributed by atoms with van der Waals surface area (Å²) >= 11 is 0. The van der Waals surface area contributed by atoms with E-state index in [1.807, 2.05) is 24.3 Å². The fraction of sp³-hybridized carbons (Fsp3) is 0.500. The van der Waals surface area contributed by atoms with Crippen LogP contribution in [0.4, 0.5) is 11.4 Å². The smallest absolute Gasteiger partial charge is 0.225 e. The Morgan fingerprint density at radius 1 is 1.06 bits per heavy atom. The third-order valence-electron chi connectivity index (χ3n) is 5.65. The van der Waals surface area contributed by atoms with Gasteiger partial charge in [-0.15, -0.1) is 0 Å². The van der Waals surface area contributed by atoms with Crippen molar-refractivity contribution in [3.63, 3.8) is 0 Å². The van der Waals surface area contributed by atoms with Crippen LogP contribution in [-0.2, 0) is 4.79 Å². The zero-order chi connectivity index (χ0) is 22.8. The number of hydrogen-bond acceptors (Lipinski definition) is 5. The number of hydrogen-bond donors (Lipinski definition) is 3. The standard InChI is InChI=1S/C26H37N3O3/c1-4-15-31-22-11-12-23(29-25(30)17-21-10-5-6-13-27-21)24(18-22)28-14-16-32-26-19(2)8-7-9-20(26)3/h7-9,11-12,18,21,27-28H,4-6,10,13-17H2,1-3H3,(H,29,30). The summed E-state index contributed by atoms with van der Waals surface area (Å²) in [5.74, 6) is 1.75. The van der Waals surface area contributed by atoms with Gasteiger partial charge < -0.3 is 25.4 Å². The fourth-order valence-electron chi connectivity index (χ4n) is 3.98. The minimum absolute atomic E-state index is 0.0291. The average Bonchev–Trinajstić information content (AvgIpc) is 2.78. The molecule has 6 heteroatoms. The predicted molar refractivity (Wildman–Crippen MR) is 131 cm³/mol. The Bertz CT molecular complexity index is 858. The fourth-order valence-corrected chi connectivity index (χ4v) is 3.98. The molecule has 1 saturated heterocycles. The molecule has 0 radical (unpaired) electrons. The highest BCUT2D eigenvalue weighted by atomic mass is 16.5. The molecule has 1 unspecified atom stereocenters. The summed E-state index contributed by atoms with van der Waals surface area (Å²) < 4.78 is 11.8. The molecule has 32 heavy (non-hydrogen) atoms. The molecular weight excluding hydrogens is 402 g/mol. The Hall–Kier alpha value is -2.73. The van der Waals surface area contributed by atoms with Gasteiger partial charge in [-0.25, -0.2) is 0 Å². The predicted octanol–water partition coefficient (Wildman–Crippen LogP) is 5.05. The summed E-state index contributed by atoms with van der Waals surface area (Å²) in [4.78, 5) is 12.6. The van der Waals surface area contributed by atoms with Crippen LogP contribution in [0.15, 0.2) is 36.4 Å². The van der Waals surface area contributed by atoms with Gasteiger partial charge in [-0.05, 0) is 62.9 Å². The number of aryl methyl sites for hydroxylation is 2. The summed E-state index contributed by atoms with van der Waals surface area (Å²) in [7, 11) is 0. The maximum Gasteiger partial charge on any atom is 0.225 e. The van der Waals surface area contributed by atoms with Gasteiger partial charge in [-0.2, -0.15) is 0 Å². The molecule has 1 heterocycles. The van der Waals surface area contributed by atoms with Crippen LogP contribution in [0.25, 0.3) is 0 Å². The summed E-state index contributed by atoms with van der Waals surface area (Å²) in [5, 5.41) is 9.93. The zero-order valence-electron chi connectivity index (χ0n) is 19.6. The van der Waals surface area contributed by atoms with Crippen LogP contribution >= 0.6 is 0 Å². The maximum atomic E-state index is 12.6. The number of carbonyl (C=O) groups is 1. The van der Waals surface area contributed by atoms with Crippen molar-refractivity contribution in [1.82, 2.24) is 5.32 Å². The molecule has 6 nitrogen and oxygen atoms in total. The van der Waals surface area contributed by atoms with E-state index >= 15 is 0 Å². The van der Waals surface area contributed by atoms with E-state index in [0.29, 0.717) is 26.2 Å². The number of ether oxygens (including phenoxy) is 2. The van der Waals surface area contributed by atoms with E-state index in [2.05, 4.69) is 48.9 Å². The molecule has 1 aliphatic rings. The van der Waals surface area contributed by atoms with Crippen molar-refractivity contribution in [2.75, 3.05) is 36.9 Å². The van der Waals surface area contributed by atoms with Crippen molar-refractivity contribution in [2.45, 2.75) is 58.9 Å². The minimum Gasteiger partial charge on any atom is -0.494 e. The van der Waals surface area contributed by atoms with Crippen LogP contribution in [0.1, 0.15) is 50.2 Å². The Morgan fingerprint density at radius 2 is 1.88 bits per heavy atom. The highest BCUT2D eigenvalue weighted by molar-refractivity contribution is 5.94. The average molecular weight is 440 g/mol. The summed E-state index contributed by atoms with van der Waals surface area (Å²) in [6.07, 6.45) is 4.86. The molecule has 3 N–H and O–H groups in total. The molecule has 0 aliphatic carbocycles. The second-order valence-corrected chi connectivity index (χ2v) is 8.45. The first kappa shape index (κ1) is 23.9. The third-order valence-corrected chi connectivity index (χ3v) is 5.65. The van der Waals surface area contributed by atoms with Crippen LogP contribution < -0.4 is 25.4 Å². The molecule has 1 aliphatic heterocycles. The van der Waals surface area contributed by atoms with Crippen LogP contribution in [0, 0.1) is 13.8 Å². The molecular formula is C26H37N3O3. The SMILES string of the molecule is CCCOc1ccc(NC(=O)CC2CCCCN2)c(NCCOc2c(C)cccc2C)c1. The number of amides is 1. The lowest BCUT2D eigenvalue weighted by molar-refractivity contribution is -0.116. The Labute approximate surface area is 192 Å². The second-order valence-electron chi connectivity index (χ2n) is 8.45. The lowest BCUT2D eigenvalue weighted by Gasteiger charge is -2.23. The van der Waals surface area contributed by atoms with E-state index in [1.165, 1.54) is 12.8 Å². The van der Waals surface area contributed by atoms with E-state index in [4.69, 9.17) is 9.47 Å². The first-order valence-electron chi connectivity index (χ1n) is 11.8. The molecule has 2 aromatic rings. The van der Waals surface area contributed by atoms with Crippen LogP contribution in [0.2, 0.25) is 0 Å². The minimum atomic E-state index is 0.0291. The number of rotatable bonds is 11. The van der Waals surface area contributed by atoms with Crippen molar-refractivity contribution >= 4 is 17.3 Å². The molecule has 2 aromatic carbocycles. The summed E-state index contributed by atoms with van der Waals surface area (Å²) in [6.45, 7) is 8.97. The third kappa shape index (κ3) is 7.16. The number of benzene rings is 2. The van der Waals surface area contributed by atoms with Gasteiger partial charge in [0.15, 0.2) is 0 Å². The van der Waals surface area contributed by atoms with E-state index in [1.54, 1.807) is 0 Å². The van der Waals surface area contributed by atoms with Gasteiger partial charge in [0.05, 0.1) is 18.0 Å². The van der Waals surface area contributed by atoms with Crippen LogP contribution in [0.5, 0.6) is 11.5 Å². The summed E-state index contributed by atoms with van der Waals surface area (Å²) in [5.41, 5.74) is 3.86. The van der Waals surface area contributed by atoms with E-state index in [-0.39, 0.29) is 11.9 Å². The second kappa shape index (κ2) is 12.3. The Kier molecular flexibility index (Phi) is 9.23. The number of anilines is 2. The molecule has 1 atom stereocenters. The van der Waals surface area contributed by atoms with Crippen LogP contribution in [0.3, 0.4) is 0 Å². The van der Waals surface area contributed by atoms with Crippen LogP contribution in [-0.4, -0.2) is 38.3 Å². The zero-order valence-corrected chi connectivity index (χ0v) is 19.6. The van der Waals surface area contributed by atoms with Crippen molar-refractivity contribution in [1.29, 1.82) is 0 Å². The largest absolute Gasteiger partial charge is 0.494 e. The van der Waals surface area contributed by atoms with Crippen molar-refractivity contribution in [3.8, 4) is 11.5 Å². The monoisotopic (exact) mass is 439 g/mol. The first-order chi connectivity index (χ1) is 15.6. The lowest BCUT2D eigenvalue weighted by atomic mass is 10.0. The number of carbonyl (C=O) groups excluding carboxylic acids is 1. The van der Waals surface area contributed by atoms with E-state index < -0.39 is 0 Å². The highest BCUT2D eigenvalue weighted by Crippen LogP contribution is 2.28. The molecule has 0 bridgehead atoms. The topological polar surface area (TPSA) is 71.6 Å². The van der Waals surface area contributed by atoms with Gasteiger partial charge in [0, 0.05) is 25.1 Å². The first-order valence-corrected chi connectivity index (χ1v) is 11.8. The normalized spacial score (nSPS) is 15.8. The van der Waals surface area contributed by atoms with Gasteiger partial charge in [-0.1, -0.05) is 31.5 Å². The number of piperidine rings is 1. The van der Waals surface area contributed by atoms with Crippen molar-refractivity contribution in [3.05, 3.63) is 47.5 Å². The van der Waals surface area contributed by atoms with Gasteiger partial charge in [0.2, 0.25) is 5.91 Å². The Balaban J connectivity index is 1.61. The van der Waals surface area contributed by atoms with Gasteiger partial charge in [0.25, 0.3) is 0 Å². The molecule has 0 saturated carbocycles. The molecule has 0 aromatic heterocycles. The van der Waals surface area contributed by atoms with E-state index in [0.717, 1.165) is 53.4 Å². The van der Waals surface area contributed by atoms with Crippen molar-refractivity contribution < 1.29 is 14.3 Å².